The second-order valence-corrected chi connectivity index (χ2v) is 7.86. The van der Waals surface area contributed by atoms with Crippen molar-refractivity contribution in [1.29, 1.82) is 0 Å². The molecule has 1 aliphatic rings. The third-order valence-electron chi connectivity index (χ3n) is 5.96. The van der Waals surface area contributed by atoms with Crippen molar-refractivity contribution >= 4 is 11.9 Å². The van der Waals surface area contributed by atoms with E-state index in [0.29, 0.717) is 31.8 Å². The van der Waals surface area contributed by atoms with Gasteiger partial charge in [0.2, 0.25) is 11.7 Å². The summed E-state index contributed by atoms with van der Waals surface area (Å²) < 4.78 is 11.0. The minimum Gasteiger partial charge on any atom is -0.455 e. The Kier molecular flexibility index (Phi) is 5.84. The number of hydrogen-bond acceptors (Lipinski definition) is 6. The topological polar surface area (TPSA) is 85.5 Å². The molecule has 0 saturated carbocycles. The van der Waals surface area contributed by atoms with E-state index >= 15 is 0 Å². The van der Waals surface area contributed by atoms with E-state index in [9.17, 15) is 9.59 Å². The Morgan fingerprint density at radius 3 is 2.42 bits per heavy atom. The van der Waals surface area contributed by atoms with E-state index in [1.54, 1.807) is 11.8 Å². The molecule has 1 aromatic heterocycles. The summed E-state index contributed by atoms with van der Waals surface area (Å²) >= 11 is 0. The van der Waals surface area contributed by atoms with Gasteiger partial charge in [0.15, 0.2) is 6.61 Å². The molecule has 31 heavy (non-hydrogen) atoms. The summed E-state index contributed by atoms with van der Waals surface area (Å²) in [6, 6.07) is 17.4. The first-order chi connectivity index (χ1) is 15.0. The molecule has 7 nitrogen and oxygen atoms in total. The first-order valence-electron chi connectivity index (χ1n) is 10.4. The molecule has 0 unspecified atom stereocenters. The molecule has 1 fully saturated rings. The van der Waals surface area contributed by atoms with Gasteiger partial charge in [0.05, 0.1) is 5.41 Å². The van der Waals surface area contributed by atoms with Crippen LogP contribution in [0.5, 0.6) is 0 Å². The molecule has 0 radical (unpaired) electrons. The lowest BCUT2D eigenvalue weighted by molar-refractivity contribution is -0.156. The second-order valence-electron chi connectivity index (χ2n) is 7.86. The number of likely N-dealkylation sites (tertiary alicyclic amines) is 1. The molecule has 0 aliphatic carbocycles. The van der Waals surface area contributed by atoms with Crippen LogP contribution in [0.1, 0.15) is 36.8 Å². The average Bonchev–Trinajstić information content (AvgIpc) is 3.27. The maximum atomic E-state index is 13.3. The molecule has 1 aliphatic heterocycles. The monoisotopic (exact) mass is 419 g/mol. The number of carbonyl (C=O) groups is 2. The highest BCUT2D eigenvalue weighted by atomic mass is 16.6. The number of amides is 1. The van der Waals surface area contributed by atoms with Crippen molar-refractivity contribution in [3.8, 4) is 11.4 Å². The fraction of sp³-hybridized carbons (Fsp3) is 0.333. The summed E-state index contributed by atoms with van der Waals surface area (Å²) in [4.78, 5) is 31.2. The molecule has 3 aromatic rings. The lowest BCUT2D eigenvalue weighted by atomic mass is 9.72. The SMILES string of the molecule is CC(=O)N1CCC(C(=O)OCc2nc(-c3ccccc3C)no2)(c2ccccc2)CC1. The molecule has 2 heterocycles. The number of rotatable bonds is 5. The predicted octanol–water partition coefficient (Wildman–Crippen LogP) is 3.67. The smallest absolute Gasteiger partial charge is 0.317 e. The van der Waals surface area contributed by atoms with Crippen LogP contribution >= 0.6 is 0 Å². The Bertz CT molecular complexity index is 1070. The van der Waals surface area contributed by atoms with Gasteiger partial charge in [-0.25, -0.2) is 0 Å². The molecule has 0 atom stereocenters. The zero-order chi connectivity index (χ0) is 21.8. The Morgan fingerprint density at radius 1 is 1.06 bits per heavy atom. The molecule has 0 bridgehead atoms. The van der Waals surface area contributed by atoms with Gasteiger partial charge in [-0.3, -0.25) is 9.59 Å². The molecular weight excluding hydrogens is 394 g/mol. The Hall–Kier alpha value is -3.48. The van der Waals surface area contributed by atoms with Crippen molar-refractivity contribution in [2.75, 3.05) is 13.1 Å². The summed E-state index contributed by atoms with van der Waals surface area (Å²) in [6.07, 6.45) is 1.02. The molecule has 7 heteroatoms. The first kappa shape index (κ1) is 20.8. The highest BCUT2D eigenvalue weighted by molar-refractivity contribution is 5.84. The fourth-order valence-corrected chi connectivity index (χ4v) is 4.08. The number of piperidine rings is 1. The second kappa shape index (κ2) is 8.71. The van der Waals surface area contributed by atoms with Crippen molar-refractivity contribution in [1.82, 2.24) is 15.0 Å². The minimum absolute atomic E-state index is 0.0182. The van der Waals surface area contributed by atoms with Crippen molar-refractivity contribution in [2.45, 2.75) is 38.7 Å². The van der Waals surface area contributed by atoms with Gasteiger partial charge in [-0.1, -0.05) is 59.8 Å². The lowest BCUT2D eigenvalue weighted by Crippen LogP contribution is -2.49. The number of ether oxygens (including phenoxy) is 1. The van der Waals surface area contributed by atoms with Gasteiger partial charge in [0, 0.05) is 25.6 Å². The van der Waals surface area contributed by atoms with Gasteiger partial charge in [-0.2, -0.15) is 4.98 Å². The van der Waals surface area contributed by atoms with Crippen LogP contribution in [0.25, 0.3) is 11.4 Å². The van der Waals surface area contributed by atoms with E-state index in [-0.39, 0.29) is 24.4 Å². The van der Waals surface area contributed by atoms with Gasteiger partial charge in [0.1, 0.15) is 0 Å². The van der Waals surface area contributed by atoms with E-state index in [1.165, 1.54) is 0 Å². The summed E-state index contributed by atoms with van der Waals surface area (Å²) in [7, 11) is 0. The number of aromatic nitrogens is 2. The number of hydrogen-bond donors (Lipinski definition) is 0. The van der Waals surface area contributed by atoms with E-state index in [4.69, 9.17) is 9.26 Å². The standard InChI is InChI=1S/C24H25N3O4/c1-17-8-6-7-11-20(17)22-25-21(31-26-22)16-30-23(29)24(19-9-4-3-5-10-19)12-14-27(15-13-24)18(2)28/h3-11H,12-16H2,1-2H3. The van der Waals surface area contributed by atoms with Crippen LogP contribution < -0.4 is 0 Å². The van der Waals surface area contributed by atoms with E-state index in [0.717, 1.165) is 16.7 Å². The normalized spacial score (nSPS) is 15.5. The van der Waals surface area contributed by atoms with Crippen LogP contribution in [0.3, 0.4) is 0 Å². The molecule has 160 valence electrons. The molecule has 1 saturated heterocycles. The van der Waals surface area contributed by atoms with Crippen LogP contribution in [0.4, 0.5) is 0 Å². The predicted molar refractivity (Wildman–Crippen MR) is 114 cm³/mol. The van der Waals surface area contributed by atoms with Gasteiger partial charge < -0.3 is 14.2 Å². The largest absolute Gasteiger partial charge is 0.455 e. The maximum absolute atomic E-state index is 13.3. The molecular formula is C24H25N3O4. The van der Waals surface area contributed by atoms with Crippen LogP contribution in [0.15, 0.2) is 59.1 Å². The first-order valence-corrected chi connectivity index (χ1v) is 10.4. The zero-order valence-corrected chi connectivity index (χ0v) is 17.7. The minimum atomic E-state index is -0.800. The number of benzene rings is 2. The van der Waals surface area contributed by atoms with Gasteiger partial charge in [-0.05, 0) is 30.9 Å². The summed E-state index contributed by atoms with van der Waals surface area (Å²) in [5.74, 6) is 0.398. The number of esters is 1. The Morgan fingerprint density at radius 2 is 1.74 bits per heavy atom. The summed E-state index contributed by atoms with van der Waals surface area (Å²) in [5, 5.41) is 4.02. The van der Waals surface area contributed by atoms with Crippen LogP contribution in [0, 0.1) is 6.92 Å². The molecule has 0 N–H and O–H groups in total. The van der Waals surface area contributed by atoms with Crippen molar-refractivity contribution in [2.24, 2.45) is 0 Å². The highest BCUT2D eigenvalue weighted by Gasteiger charge is 2.44. The van der Waals surface area contributed by atoms with E-state index in [2.05, 4.69) is 10.1 Å². The van der Waals surface area contributed by atoms with Crippen molar-refractivity contribution < 1.29 is 18.8 Å². The van der Waals surface area contributed by atoms with Crippen LogP contribution in [-0.4, -0.2) is 40.0 Å². The van der Waals surface area contributed by atoms with E-state index in [1.807, 2.05) is 61.5 Å². The van der Waals surface area contributed by atoms with Crippen LogP contribution in [-0.2, 0) is 26.3 Å². The van der Waals surface area contributed by atoms with Crippen LogP contribution in [0.2, 0.25) is 0 Å². The third-order valence-corrected chi connectivity index (χ3v) is 5.96. The molecule has 0 spiro atoms. The van der Waals surface area contributed by atoms with Crippen molar-refractivity contribution in [3.63, 3.8) is 0 Å². The average molecular weight is 419 g/mol. The van der Waals surface area contributed by atoms with Crippen molar-refractivity contribution in [3.05, 3.63) is 71.6 Å². The van der Waals surface area contributed by atoms with Gasteiger partial charge in [-0.15, -0.1) is 0 Å². The van der Waals surface area contributed by atoms with Gasteiger partial charge in [0.25, 0.3) is 5.89 Å². The molecule has 1 amide bonds. The highest BCUT2D eigenvalue weighted by Crippen LogP contribution is 2.37. The number of aryl methyl sites for hydroxylation is 1. The number of nitrogens with zero attached hydrogens (tertiary/aromatic N) is 3. The summed E-state index contributed by atoms with van der Waals surface area (Å²) in [6.45, 7) is 4.45. The molecule has 4 rings (SSSR count). The zero-order valence-electron chi connectivity index (χ0n) is 17.7. The third kappa shape index (κ3) is 4.21. The number of carbonyl (C=O) groups excluding carboxylic acids is 2. The Labute approximate surface area is 181 Å². The quantitative estimate of drug-likeness (QED) is 0.587. The Balaban J connectivity index is 1.50. The lowest BCUT2D eigenvalue weighted by Gasteiger charge is -2.39. The van der Waals surface area contributed by atoms with Gasteiger partial charge >= 0.3 is 5.97 Å². The van der Waals surface area contributed by atoms with E-state index < -0.39 is 5.41 Å². The fourth-order valence-electron chi connectivity index (χ4n) is 4.08. The maximum Gasteiger partial charge on any atom is 0.317 e. The summed E-state index contributed by atoms with van der Waals surface area (Å²) in [5.41, 5.74) is 2.01. The molecule has 2 aromatic carbocycles.